The zero-order valence-corrected chi connectivity index (χ0v) is 13.6. The number of hydrogen-bond acceptors (Lipinski definition) is 4. The molecular weight excluding hydrogens is 292 g/mol. The number of anilines is 2. The molecule has 1 amide bonds. The third-order valence-electron chi connectivity index (χ3n) is 4.08. The van der Waals surface area contributed by atoms with Crippen molar-refractivity contribution in [2.75, 3.05) is 38.0 Å². The minimum absolute atomic E-state index is 0.192. The molecule has 23 heavy (non-hydrogen) atoms. The van der Waals surface area contributed by atoms with Crippen LogP contribution in [-0.4, -0.2) is 33.7 Å². The Bertz CT molecular complexity index is 721. The molecule has 5 heteroatoms. The Morgan fingerprint density at radius 3 is 2.43 bits per heavy atom. The van der Waals surface area contributed by atoms with Crippen molar-refractivity contribution >= 4 is 17.3 Å². The van der Waals surface area contributed by atoms with Crippen molar-refractivity contribution in [1.29, 1.82) is 0 Å². The summed E-state index contributed by atoms with van der Waals surface area (Å²) < 4.78 is 10.4. The molecule has 0 aromatic heterocycles. The number of ether oxygens (including phenoxy) is 2. The molecule has 0 fully saturated rings. The van der Waals surface area contributed by atoms with Crippen LogP contribution in [0.1, 0.15) is 15.9 Å². The molecule has 0 unspecified atom stereocenters. The van der Waals surface area contributed by atoms with Gasteiger partial charge in [-0.2, -0.15) is 0 Å². The molecule has 0 saturated heterocycles. The third kappa shape index (κ3) is 3.08. The van der Waals surface area contributed by atoms with Crippen molar-refractivity contribution in [3.8, 4) is 11.5 Å². The fraction of sp³-hybridized carbons (Fsp3) is 0.278. The number of methoxy groups -OCH3 is 2. The largest absolute Gasteiger partial charge is 0.497 e. The van der Waals surface area contributed by atoms with Crippen molar-refractivity contribution < 1.29 is 14.3 Å². The lowest BCUT2D eigenvalue weighted by atomic mass is 10.1. The summed E-state index contributed by atoms with van der Waals surface area (Å²) in [7, 11) is 5.18. The molecular formula is C18H20N2O3. The molecule has 5 nitrogen and oxygen atoms in total. The average molecular weight is 312 g/mol. The van der Waals surface area contributed by atoms with E-state index in [2.05, 4.69) is 23.3 Å². The first-order chi connectivity index (χ1) is 11.1. The number of hydrogen-bond donors (Lipinski definition) is 1. The highest BCUT2D eigenvalue weighted by Crippen LogP contribution is 2.30. The van der Waals surface area contributed by atoms with E-state index >= 15 is 0 Å². The van der Waals surface area contributed by atoms with Gasteiger partial charge >= 0.3 is 0 Å². The van der Waals surface area contributed by atoms with Crippen LogP contribution in [0.15, 0.2) is 36.4 Å². The van der Waals surface area contributed by atoms with Gasteiger partial charge in [-0.25, -0.2) is 0 Å². The van der Waals surface area contributed by atoms with Crippen LogP contribution in [0.25, 0.3) is 0 Å². The quantitative estimate of drug-likeness (QED) is 0.943. The van der Waals surface area contributed by atoms with Crippen LogP contribution < -0.4 is 19.7 Å². The molecule has 0 spiro atoms. The Morgan fingerprint density at radius 2 is 1.78 bits per heavy atom. The molecule has 120 valence electrons. The number of likely N-dealkylation sites (N-methyl/N-ethyl adjacent to an activating group) is 1. The number of amides is 1. The number of nitrogens with one attached hydrogen (secondary N) is 1. The fourth-order valence-electron chi connectivity index (χ4n) is 2.76. The fourth-order valence-corrected chi connectivity index (χ4v) is 2.76. The molecule has 3 rings (SSSR count). The van der Waals surface area contributed by atoms with E-state index in [1.807, 2.05) is 12.1 Å². The van der Waals surface area contributed by atoms with Gasteiger partial charge in [0.2, 0.25) is 0 Å². The van der Waals surface area contributed by atoms with Gasteiger partial charge in [-0.3, -0.25) is 4.79 Å². The summed E-state index contributed by atoms with van der Waals surface area (Å²) in [5.74, 6) is 0.981. The molecule has 1 heterocycles. The van der Waals surface area contributed by atoms with Gasteiger partial charge in [0.15, 0.2) is 0 Å². The van der Waals surface area contributed by atoms with Crippen molar-refractivity contribution in [3.63, 3.8) is 0 Å². The monoisotopic (exact) mass is 312 g/mol. The van der Waals surface area contributed by atoms with Crippen molar-refractivity contribution in [2.24, 2.45) is 0 Å². The van der Waals surface area contributed by atoms with E-state index < -0.39 is 0 Å². The van der Waals surface area contributed by atoms with Gasteiger partial charge in [0.1, 0.15) is 11.5 Å². The Morgan fingerprint density at radius 1 is 1.09 bits per heavy atom. The maximum absolute atomic E-state index is 12.5. The highest BCUT2D eigenvalue weighted by molar-refractivity contribution is 6.05. The van der Waals surface area contributed by atoms with Crippen LogP contribution in [0.2, 0.25) is 0 Å². The lowest BCUT2D eigenvalue weighted by Crippen LogP contribution is -2.14. The van der Waals surface area contributed by atoms with Gasteiger partial charge in [-0.05, 0) is 36.2 Å². The second-order valence-corrected chi connectivity index (χ2v) is 5.57. The maximum atomic E-state index is 12.5. The maximum Gasteiger partial charge on any atom is 0.255 e. The van der Waals surface area contributed by atoms with E-state index in [0.717, 1.165) is 18.7 Å². The summed E-state index contributed by atoms with van der Waals surface area (Å²) in [5, 5.41) is 2.93. The van der Waals surface area contributed by atoms with Gasteiger partial charge in [0, 0.05) is 36.6 Å². The molecule has 0 atom stereocenters. The van der Waals surface area contributed by atoms with Crippen LogP contribution in [-0.2, 0) is 6.42 Å². The second kappa shape index (κ2) is 6.20. The summed E-state index contributed by atoms with van der Waals surface area (Å²) in [6.07, 6.45) is 1.05. The first-order valence-electron chi connectivity index (χ1n) is 7.49. The van der Waals surface area contributed by atoms with E-state index in [4.69, 9.17) is 9.47 Å². The Balaban J connectivity index is 1.83. The topological polar surface area (TPSA) is 50.8 Å². The van der Waals surface area contributed by atoms with Gasteiger partial charge in [-0.15, -0.1) is 0 Å². The number of rotatable bonds is 4. The second-order valence-electron chi connectivity index (χ2n) is 5.57. The van der Waals surface area contributed by atoms with Crippen LogP contribution in [0.4, 0.5) is 11.4 Å². The van der Waals surface area contributed by atoms with E-state index in [-0.39, 0.29) is 5.91 Å². The average Bonchev–Trinajstić information content (AvgIpc) is 2.95. The predicted octanol–water partition coefficient (Wildman–Crippen LogP) is 2.95. The first-order valence-corrected chi connectivity index (χ1v) is 7.49. The summed E-state index contributed by atoms with van der Waals surface area (Å²) in [5.41, 5.74) is 3.76. The molecule has 0 bridgehead atoms. The zero-order valence-electron chi connectivity index (χ0n) is 13.6. The third-order valence-corrected chi connectivity index (χ3v) is 4.08. The van der Waals surface area contributed by atoms with Crippen LogP contribution in [0.5, 0.6) is 11.5 Å². The summed E-state index contributed by atoms with van der Waals surface area (Å²) >= 11 is 0. The summed E-state index contributed by atoms with van der Waals surface area (Å²) in [6, 6.07) is 11.1. The molecule has 2 aromatic rings. The molecule has 2 aromatic carbocycles. The predicted molar refractivity (Wildman–Crippen MR) is 90.9 cm³/mol. The first kappa shape index (κ1) is 15.2. The molecule has 0 aliphatic carbocycles. The van der Waals surface area contributed by atoms with Gasteiger partial charge in [-0.1, -0.05) is 6.07 Å². The van der Waals surface area contributed by atoms with Crippen molar-refractivity contribution in [1.82, 2.24) is 0 Å². The lowest BCUT2D eigenvalue weighted by molar-refractivity contribution is 0.102. The highest BCUT2D eigenvalue weighted by atomic mass is 16.5. The summed E-state index contributed by atoms with van der Waals surface area (Å²) in [4.78, 5) is 14.7. The van der Waals surface area contributed by atoms with Crippen LogP contribution in [0.3, 0.4) is 0 Å². The Kier molecular flexibility index (Phi) is 4.10. The van der Waals surface area contributed by atoms with Gasteiger partial charge in [0.05, 0.1) is 14.2 Å². The lowest BCUT2D eigenvalue weighted by Gasteiger charge is -2.14. The number of benzene rings is 2. The zero-order chi connectivity index (χ0) is 16.4. The smallest absolute Gasteiger partial charge is 0.255 e. The van der Waals surface area contributed by atoms with Crippen molar-refractivity contribution in [3.05, 3.63) is 47.5 Å². The van der Waals surface area contributed by atoms with E-state index in [1.54, 1.807) is 32.4 Å². The normalized spacial score (nSPS) is 12.7. The van der Waals surface area contributed by atoms with E-state index in [9.17, 15) is 4.79 Å². The highest BCUT2D eigenvalue weighted by Gasteiger charge is 2.17. The summed E-state index contributed by atoms with van der Waals surface area (Å²) in [6.45, 7) is 1.01. The number of fused-ring (bicyclic) bond motifs is 1. The van der Waals surface area contributed by atoms with Gasteiger partial charge in [0.25, 0.3) is 5.91 Å². The minimum Gasteiger partial charge on any atom is -0.497 e. The molecule has 1 N–H and O–H groups in total. The van der Waals surface area contributed by atoms with Gasteiger partial charge < -0.3 is 19.7 Å². The Labute approximate surface area is 135 Å². The van der Waals surface area contributed by atoms with Crippen molar-refractivity contribution in [2.45, 2.75) is 6.42 Å². The molecule has 0 radical (unpaired) electrons. The van der Waals surface area contributed by atoms with E-state index in [0.29, 0.717) is 17.1 Å². The molecule has 1 aliphatic rings. The number of carbonyl (C=O) groups excluding carboxylic acids is 1. The minimum atomic E-state index is -0.192. The van der Waals surface area contributed by atoms with Crippen LogP contribution >= 0.6 is 0 Å². The molecule has 1 aliphatic heterocycles. The van der Waals surface area contributed by atoms with Crippen LogP contribution in [0, 0.1) is 0 Å². The van der Waals surface area contributed by atoms with E-state index in [1.165, 1.54) is 11.3 Å². The standard InChI is InChI=1S/C18H20N2O3/c1-20-7-6-12-4-5-14(10-17(12)20)19-18(21)13-8-15(22-2)11-16(9-13)23-3/h4-5,8-11H,6-7H2,1-3H3,(H,19,21). The number of carbonyl (C=O) groups is 1. The Hall–Kier alpha value is -2.69. The number of nitrogens with zero attached hydrogens (tertiary/aromatic N) is 1. The SMILES string of the molecule is COc1cc(OC)cc(C(=O)Nc2ccc3c(c2)N(C)CC3)c1. The molecule has 0 saturated carbocycles.